The van der Waals surface area contributed by atoms with Crippen molar-refractivity contribution in [3.8, 4) is 11.8 Å². The Morgan fingerprint density at radius 2 is 2.19 bits per heavy atom. The molecular weight excluding hydrogens is 499 g/mol. The molecule has 4 aromatic rings. The summed E-state index contributed by atoms with van der Waals surface area (Å²) in [6.07, 6.45) is 5.47. The molecule has 1 amide bonds. The Morgan fingerprint density at radius 1 is 1.38 bits per heavy atom. The number of imidazole rings is 1. The van der Waals surface area contributed by atoms with Crippen LogP contribution in [0.5, 0.6) is 0 Å². The fourth-order valence-corrected chi connectivity index (χ4v) is 4.99. The van der Waals surface area contributed by atoms with Crippen molar-refractivity contribution in [3.63, 3.8) is 0 Å². The van der Waals surface area contributed by atoms with Gasteiger partial charge in [-0.05, 0) is 30.9 Å². The lowest BCUT2D eigenvalue weighted by Crippen LogP contribution is -2.35. The number of likely N-dealkylation sites (tertiary alicyclic amines) is 1. The molecule has 37 heavy (non-hydrogen) atoms. The fourth-order valence-electron chi connectivity index (χ4n) is 4.75. The van der Waals surface area contributed by atoms with Crippen LogP contribution in [0.25, 0.3) is 22.1 Å². The third-order valence-corrected chi connectivity index (χ3v) is 6.89. The van der Waals surface area contributed by atoms with E-state index in [9.17, 15) is 4.79 Å². The fraction of sp³-hybridized carbons (Fsp3) is 0.320. The summed E-state index contributed by atoms with van der Waals surface area (Å²) in [5.74, 6) is 5.14. The predicted molar refractivity (Wildman–Crippen MR) is 137 cm³/mol. The molecule has 12 heteroatoms. The van der Waals surface area contributed by atoms with Crippen molar-refractivity contribution in [1.82, 2.24) is 34.2 Å². The zero-order valence-electron chi connectivity index (χ0n) is 20.3. The molecule has 2 atom stereocenters. The summed E-state index contributed by atoms with van der Waals surface area (Å²) in [5.41, 5.74) is 7.69. The van der Waals surface area contributed by atoms with Crippen LogP contribution >= 0.6 is 11.6 Å². The molecule has 10 nitrogen and oxygen atoms in total. The quantitative estimate of drug-likeness (QED) is 0.316. The Morgan fingerprint density at radius 3 is 2.95 bits per heavy atom. The van der Waals surface area contributed by atoms with E-state index in [1.807, 2.05) is 0 Å². The van der Waals surface area contributed by atoms with Crippen LogP contribution in [0.4, 0.5) is 10.2 Å². The smallest absolute Gasteiger partial charge is 0.246 e. The van der Waals surface area contributed by atoms with E-state index in [4.69, 9.17) is 22.1 Å². The molecule has 0 saturated carbocycles. The van der Waals surface area contributed by atoms with Crippen molar-refractivity contribution in [2.75, 3.05) is 26.0 Å². The lowest BCUT2D eigenvalue weighted by atomic mass is 10.1. The molecule has 0 radical (unpaired) electrons. The number of carbonyl (C=O) groups excluding carboxylic acids is 1. The average Bonchev–Trinajstić information content (AvgIpc) is 3.58. The maximum absolute atomic E-state index is 15.2. The first kappa shape index (κ1) is 24.7. The predicted octanol–water partition coefficient (Wildman–Crippen LogP) is 2.85. The molecule has 1 fully saturated rings. The number of amides is 1. The van der Waals surface area contributed by atoms with Crippen LogP contribution in [-0.2, 0) is 16.6 Å². The molecule has 190 valence electrons. The summed E-state index contributed by atoms with van der Waals surface area (Å²) < 4.78 is 23.8. The highest BCUT2D eigenvalue weighted by molar-refractivity contribution is 6.32. The van der Waals surface area contributed by atoms with Gasteiger partial charge in [-0.1, -0.05) is 24.1 Å². The molecule has 4 heterocycles. The number of aryl methyl sites for hydroxylation is 1. The van der Waals surface area contributed by atoms with Crippen molar-refractivity contribution < 1.29 is 13.9 Å². The minimum absolute atomic E-state index is 0.00855. The first-order chi connectivity index (χ1) is 17.8. The Labute approximate surface area is 216 Å². The number of carbonyl (C=O) groups is 1. The number of nitrogens with two attached hydrogens (primary N) is 1. The number of hydrogen-bond donors (Lipinski definition) is 1. The summed E-state index contributed by atoms with van der Waals surface area (Å²) in [6.45, 7) is 4.54. The normalized spacial score (nSPS) is 17.4. The molecule has 5 rings (SSSR count). The minimum atomic E-state index is -0.612. The van der Waals surface area contributed by atoms with E-state index in [2.05, 4.69) is 38.5 Å². The second kappa shape index (κ2) is 9.80. The van der Waals surface area contributed by atoms with Crippen molar-refractivity contribution >= 4 is 45.4 Å². The van der Waals surface area contributed by atoms with Gasteiger partial charge >= 0.3 is 0 Å². The van der Waals surface area contributed by atoms with Crippen LogP contribution in [0.15, 0.2) is 31.4 Å². The monoisotopic (exact) mass is 522 g/mol. The van der Waals surface area contributed by atoms with E-state index in [1.54, 1.807) is 34.4 Å². The van der Waals surface area contributed by atoms with Gasteiger partial charge in [0.1, 0.15) is 23.4 Å². The number of hydrogen-bond acceptors (Lipinski definition) is 7. The Hall–Kier alpha value is -4.01. The maximum atomic E-state index is 15.2. The standard InChI is InChI=1S/C25H24ClFN8O2/c1-4-20(36)34-11-15(9-14(34)7-8-37-3)35-25-21(24(28)29-12-30-25)18(32-35)6-5-16-17(26)10-19-23(22(16)27)31-13-33(19)2/h4,10,12-15H,1,7-9,11H2,2-3H3,(H2,28,29,30)/t14-,15?/m0/s1. The van der Waals surface area contributed by atoms with Gasteiger partial charge in [-0.15, -0.1) is 0 Å². The number of aromatic nitrogens is 6. The van der Waals surface area contributed by atoms with Crippen LogP contribution in [0.1, 0.15) is 30.1 Å². The van der Waals surface area contributed by atoms with E-state index in [0.717, 1.165) is 0 Å². The van der Waals surface area contributed by atoms with Gasteiger partial charge in [-0.2, -0.15) is 5.10 Å². The van der Waals surface area contributed by atoms with Crippen molar-refractivity contribution in [2.45, 2.75) is 24.9 Å². The summed E-state index contributed by atoms with van der Waals surface area (Å²) >= 11 is 6.36. The molecule has 1 aliphatic rings. The van der Waals surface area contributed by atoms with Gasteiger partial charge in [0.2, 0.25) is 5.91 Å². The molecule has 3 aromatic heterocycles. The van der Waals surface area contributed by atoms with Crippen molar-refractivity contribution in [2.24, 2.45) is 7.05 Å². The van der Waals surface area contributed by atoms with Crippen molar-refractivity contribution in [3.05, 3.63) is 53.5 Å². The zero-order valence-corrected chi connectivity index (χ0v) is 21.0. The number of halogens is 2. The van der Waals surface area contributed by atoms with Gasteiger partial charge in [0, 0.05) is 33.4 Å². The summed E-state index contributed by atoms with van der Waals surface area (Å²) in [7, 11) is 3.38. The first-order valence-corrected chi connectivity index (χ1v) is 11.9. The number of ether oxygens (including phenoxy) is 1. The number of nitrogen functional groups attached to an aromatic ring is 1. The Bertz CT molecular complexity index is 1600. The van der Waals surface area contributed by atoms with Gasteiger partial charge < -0.3 is 19.9 Å². The highest BCUT2D eigenvalue weighted by Crippen LogP contribution is 2.33. The molecule has 0 aliphatic carbocycles. The summed E-state index contributed by atoms with van der Waals surface area (Å²) in [5, 5.41) is 5.30. The molecule has 0 bridgehead atoms. The summed E-state index contributed by atoms with van der Waals surface area (Å²) in [6, 6.07) is 1.37. The Kier molecular flexibility index (Phi) is 6.54. The largest absolute Gasteiger partial charge is 0.385 e. The van der Waals surface area contributed by atoms with E-state index in [-0.39, 0.29) is 45.6 Å². The number of benzene rings is 1. The molecule has 1 aliphatic heterocycles. The van der Waals surface area contributed by atoms with Gasteiger partial charge in [0.05, 0.1) is 33.9 Å². The third kappa shape index (κ3) is 4.28. The van der Waals surface area contributed by atoms with E-state index >= 15 is 4.39 Å². The second-order valence-electron chi connectivity index (χ2n) is 8.79. The molecule has 0 spiro atoms. The minimum Gasteiger partial charge on any atom is -0.385 e. The first-order valence-electron chi connectivity index (χ1n) is 11.6. The van der Waals surface area contributed by atoms with Crippen LogP contribution in [0.3, 0.4) is 0 Å². The van der Waals surface area contributed by atoms with E-state index in [1.165, 1.54) is 18.7 Å². The van der Waals surface area contributed by atoms with Gasteiger partial charge in [-0.25, -0.2) is 24.0 Å². The van der Waals surface area contributed by atoms with Crippen LogP contribution in [-0.4, -0.2) is 66.4 Å². The summed E-state index contributed by atoms with van der Waals surface area (Å²) in [4.78, 5) is 26.9. The molecule has 2 N–H and O–H groups in total. The number of fused-ring (bicyclic) bond motifs is 2. The van der Waals surface area contributed by atoms with Gasteiger partial charge in [0.15, 0.2) is 11.5 Å². The Balaban J connectivity index is 1.58. The van der Waals surface area contributed by atoms with E-state index < -0.39 is 5.82 Å². The van der Waals surface area contributed by atoms with Crippen LogP contribution < -0.4 is 5.73 Å². The number of anilines is 1. The number of methoxy groups -OCH3 is 1. The van der Waals surface area contributed by atoms with Gasteiger partial charge in [0.25, 0.3) is 0 Å². The van der Waals surface area contributed by atoms with Crippen LogP contribution in [0, 0.1) is 17.7 Å². The molecule has 1 unspecified atom stereocenters. The van der Waals surface area contributed by atoms with Gasteiger partial charge in [-0.3, -0.25) is 4.79 Å². The van der Waals surface area contributed by atoms with Crippen LogP contribution in [0.2, 0.25) is 5.02 Å². The number of nitrogens with zero attached hydrogens (tertiary/aromatic N) is 7. The average molecular weight is 523 g/mol. The molecular formula is C25H24ClFN8O2. The highest BCUT2D eigenvalue weighted by Gasteiger charge is 2.36. The zero-order chi connectivity index (χ0) is 26.3. The number of rotatable bonds is 5. The van der Waals surface area contributed by atoms with Crippen molar-refractivity contribution in [1.29, 1.82) is 0 Å². The lowest BCUT2D eigenvalue weighted by Gasteiger charge is -2.22. The lowest BCUT2D eigenvalue weighted by molar-refractivity contribution is -0.127. The second-order valence-corrected chi connectivity index (χ2v) is 9.20. The maximum Gasteiger partial charge on any atom is 0.246 e. The highest BCUT2D eigenvalue weighted by atomic mass is 35.5. The molecule has 1 saturated heterocycles. The SMILES string of the molecule is C=CC(=O)N1CC(n2nc(C#Cc3c(Cl)cc4c(ncn4C)c3F)c3c(N)ncnc32)C[C@@H]1CCOC. The molecule has 1 aromatic carbocycles. The third-order valence-electron chi connectivity index (χ3n) is 6.59. The topological polar surface area (TPSA) is 117 Å². The van der Waals surface area contributed by atoms with E-state index in [0.29, 0.717) is 42.5 Å².